The molecule has 0 aromatic heterocycles. The Morgan fingerprint density at radius 2 is 1.86 bits per heavy atom. The van der Waals surface area contributed by atoms with E-state index in [9.17, 15) is 22.0 Å². The Morgan fingerprint density at radius 3 is 2.43 bits per heavy atom. The maximum atomic E-state index is 13.2. The van der Waals surface area contributed by atoms with Gasteiger partial charge in [0.1, 0.15) is 5.25 Å². The molecule has 1 aliphatic heterocycles. The van der Waals surface area contributed by atoms with E-state index in [1.54, 1.807) is 0 Å². The number of ether oxygens (including phenoxy) is 1. The summed E-state index contributed by atoms with van der Waals surface area (Å²) in [6.45, 7) is 2.58. The van der Waals surface area contributed by atoms with Gasteiger partial charge >= 0.3 is 0 Å². The fraction of sp³-hybridized carbons (Fsp3) is 0.462. The van der Waals surface area contributed by atoms with Crippen LogP contribution in [0.25, 0.3) is 0 Å². The van der Waals surface area contributed by atoms with Crippen LogP contribution in [0, 0.1) is 11.6 Å². The van der Waals surface area contributed by atoms with Gasteiger partial charge in [-0.1, -0.05) is 0 Å². The SMILES string of the molecule is C[C@@H](C(=O)N1CCOCC1)S(=O)(=O)c1ccc(F)c(F)c1. The predicted molar refractivity (Wildman–Crippen MR) is 70.4 cm³/mol. The van der Waals surface area contributed by atoms with Crippen LogP contribution in [0.1, 0.15) is 6.92 Å². The number of halogens is 2. The molecule has 0 radical (unpaired) electrons. The zero-order chi connectivity index (χ0) is 15.6. The molecule has 8 heteroatoms. The summed E-state index contributed by atoms with van der Waals surface area (Å²) >= 11 is 0. The Labute approximate surface area is 121 Å². The van der Waals surface area contributed by atoms with Crippen LogP contribution in [0.2, 0.25) is 0 Å². The number of morpholine rings is 1. The lowest BCUT2D eigenvalue weighted by atomic mass is 10.3. The molecule has 0 bridgehead atoms. The molecule has 0 saturated carbocycles. The molecule has 1 aromatic rings. The minimum Gasteiger partial charge on any atom is -0.378 e. The summed E-state index contributed by atoms with van der Waals surface area (Å²) in [5, 5.41) is -1.36. The van der Waals surface area contributed by atoms with Gasteiger partial charge < -0.3 is 9.64 Å². The fourth-order valence-electron chi connectivity index (χ4n) is 2.03. The molecule has 1 saturated heterocycles. The zero-order valence-electron chi connectivity index (χ0n) is 11.4. The number of amides is 1. The molecule has 5 nitrogen and oxygen atoms in total. The van der Waals surface area contributed by atoms with Crippen LogP contribution in [0.15, 0.2) is 23.1 Å². The van der Waals surface area contributed by atoms with Gasteiger partial charge in [0.15, 0.2) is 21.5 Å². The summed E-state index contributed by atoms with van der Waals surface area (Å²) in [5.41, 5.74) is 0. The van der Waals surface area contributed by atoms with Crippen molar-refractivity contribution in [2.75, 3.05) is 26.3 Å². The van der Waals surface area contributed by atoms with Gasteiger partial charge in [0.2, 0.25) is 5.91 Å². The van der Waals surface area contributed by atoms with E-state index in [4.69, 9.17) is 4.74 Å². The first-order chi connectivity index (χ1) is 9.84. The highest BCUT2D eigenvalue weighted by Crippen LogP contribution is 2.20. The minimum absolute atomic E-state index is 0.316. The molecule has 1 fully saturated rings. The lowest BCUT2D eigenvalue weighted by molar-refractivity contribution is -0.134. The number of hydrogen-bond acceptors (Lipinski definition) is 4. The van der Waals surface area contributed by atoms with Crippen molar-refractivity contribution >= 4 is 15.7 Å². The number of carbonyl (C=O) groups is 1. The van der Waals surface area contributed by atoms with Crippen LogP contribution in [-0.4, -0.2) is 50.8 Å². The number of carbonyl (C=O) groups excluding carboxylic acids is 1. The van der Waals surface area contributed by atoms with Gasteiger partial charge in [0.25, 0.3) is 0 Å². The normalized spacial score (nSPS) is 17.6. The number of rotatable bonds is 3. The predicted octanol–water partition coefficient (Wildman–Crippen LogP) is 0.986. The Morgan fingerprint density at radius 1 is 1.24 bits per heavy atom. The summed E-state index contributed by atoms with van der Waals surface area (Å²) in [5.74, 6) is -2.97. The van der Waals surface area contributed by atoms with E-state index in [0.717, 1.165) is 12.1 Å². The average molecular weight is 319 g/mol. The average Bonchev–Trinajstić information content (AvgIpc) is 2.49. The van der Waals surface area contributed by atoms with Crippen molar-refractivity contribution in [2.24, 2.45) is 0 Å². The van der Waals surface area contributed by atoms with Crippen LogP contribution in [0.3, 0.4) is 0 Å². The number of nitrogens with zero attached hydrogens (tertiary/aromatic N) is 1. The van der Waals surface area contributed by atoms with E-state index in [1.807, 2.05) is 0 Å². The molecular formula is C13H15F2NO4S. The largest absolute Gasteiger partial charge is 0.378 e. The lowest BCUT2D eigenvalue weighted by Gasteiger charge is -2.29. The van der Waals surface area contributed by atoms with Gasteiger partial charge in [-0.15, -0.1) is 0 Å². The van der Waals surface area contributed by atoms with Crippen molar-refractivity contribution in [1.29, 1.82) is 0 Å². The summed E-state index contributed by atoms with van der Waals surface area (Å²) in [6, 6.07) is 2.28. The maximum absolute atomic E-state index is 13.2. The lowest BCUT2D eigenvalue weighted by Crippen LogP contribution is -2.47. The van der Waals surface area contributed by atoms with Gasteiger partial charge in [-0.3, -0.25) is 4.79 Å². The third-order valence-electron chi connectivity index (χ3n) is 3.36. The van der Waals surface area contributed by atoms with Crippen LogP contribution >= 0.6 is 0 Å². The van der Waals surface area contributed by atoms with E-state index in [-0.39, 0.29) is 0 Å². The molecule has 21 heavy (non-hydrogen) atoms. The van der Waals surface area contributed by atoms with Crippen LogP contribution in [0.5, 0.6) is 0 Å². The third kappa shape index (κ3) is 3.21. The molecule has 116 valence electrons. The smallest absolute Gasteiger partial charge is 0.241 e. The summed E-state index contributed by atoms with van der Waals surface area (Å²) < 4.78 is 55.8. The number of sulfone groups is 1. The zero-order valence-corrected chi connectivity index (χ0v) is 12.2. The second-order valence-corrected chi connectivity index (χ2v) is 6.97. The van der Waals surface area contributed by atoms with Gasteiger partial charge in [0.05, 0.1) is 18.1 Å². The second kappa shape index (κ2) is 6.07. The van der Waals surface area contributed by atoms with E-state index in [2.05, 4.69) is 0 Å². The van der Waals surface area contributed by atoms with Gasteiger partial charge in [-0.05, 0) is 25.1 Å². The molecule has 2 rings (SSSR count). The van der Waals surface area contributed by atoms with E-state index in [1.165, 1.54) is 11.8 Å². The van der Waals surface area contributed by atoms with Crippen molar-refractivity contribution in [3.05, 3.63) is 29.8 Å². The first-order valence-corrected chi connectivity index (χ1v) is 7.94. The van der Waals surface area contributed by atoms with Crippen LogP contribution < -0.4 is 0 Å². The molecule has 1 aromatic carbocycles. The molecule has 0 N–H and O–H groups in total. The fourth-order valence-corrected chi connectivity index (χ4v) is 3.38. The summed E-state index contributed by atoms with van der Waals surface area (Å²) in [4.78, 5) is 13.2. The minimum atomic E-state index is -4.07. The Kier molecular flexibility index (Phi) is 4.58. The Balaban J connectivity index is 2.25. The Bertz CT molecular complexity index is 642. The molecule has 1 amide bonds. The summed E-state index contributed by atoms with van der Waals surface area (Å²) in [7, 11) is -4.07. The standard InChI is InChI=1S/C13H15F2NO4S/c1-9(13(17)16-4-6-20-7-5-16)21(18,19)10-2-3-11(14)12(15)8-10/h2-3,8-9H,4-7H2,1H3/t9-/m0/s1. The van der Waals surface area contributed by atoms with Gasteiger partial charge in [0, 0.05) is 13.1 Å². The van der Waals surface area contributed by atoms with E-state index < -0.39 is 37.5 Å². The molecule has 0 unspecified atom stereocenters. The van der Waals surface area contributed by atoms with Gasteiger partial charge in [-0.25, -0.2) is 17.2 Å². The highest BCUT2D eigenvalue weighted by Gasteiger charge is 2.34. The third-order valence-corrected chi connectivity index (χ3v) is 5.40. The van der Waals surface area contributed by atoms with E-state index in [0.29, 0.717) is 32.4 Å². The highest BCUT2D eigenvalue weighted by molar-refractivity contribution is 7.92. The first kappa shape index (κ1) is 15.8. The first-order valence-electron chi connectivity index (χ1n) is 6.39. The number of hydrogen-bond donors (Lipinski definition) is 0. The van der Waals surface area contributed by atoms with Crippen molar-refractivity contribution in [1.82, 2.24) is 4.90 Å². The van der Waals surface area contributed by atoms with Crippen molar-refractivity contribution in [3.63, 3.8) is 0 Å². The maximum Gasteiger partial charge on any atom is 0.241 e. The number of benzene rings is 1. The molecule has 1 heterocycles. The quantitative estimate of drug-likeness (QED) is 0.779. The molecule has 1 aliphatic rings. The molecule has 0 spiro atoms. The molecule has 1 atom stereocenters. The van der Waals surface area contributed by atoms with Crippen molar-refractivity contribution < 1.29 is 26.7 Å². The van der Waals surface area contributed by atoms with Crippen molar-refractivity contribution in [2.45, 2.75) is 17.1 Å². The second-order valence-electron chi connectivity index (χ2n) is 4.70. The summed E-state index contributed by atoms with van der Waals surface area (Å²) in [6.07, 6.45) is 0. The molecule has 0 aliphatic carbocycles. The van der Waals surface area contributed by atoms with Crippen LogP contribution in [-0.2, 0) is 19.4 Å². The Hall–Kier alpha value is -1.54. The monoisotopic (exact) mass is 319 g/mol. The highest BCUT2D eigenvalue weighted by atomic mass is 32.2. The van der Waals surface area contributed by atoms with Crippen molar-refractivity contribution in [3.8, 4) is 0 Å². The topological polar surface area (TPSA) is 63.7 Å². The van der Waals surface area contributed by atoms with Crippen LogP contribution in [0.4, 0.5) is 8.78 Å². The molecular weight excluding hydrogens is 304 g/mol. The van der Waals surface area contributed by atoms with E-state index >= 15 is 0 Å². The van der Waals surface area contributed by atoms with Gasteiger partial charge in [-0.2, -0.15) is 0 Å².